The summed E-state index contributed by atoms with van der Waals surface area (Å²) in [6.45, 7) is 4.02. The molecular formula is C17H21N3O3. The van der Waals surface area contributed by atoms with Crippen molar-refractivity contribution in [1.82, 2.24) is 15.1 Å². The zero-order chi connectivity index (χ0) is 16.2. The number of piperidine rings is 1. The Balaban J connectivity index is 1.78. The monoisotopic (exact) mass is 315 g/mol. The number of carbonyl (C=O) groups is 1. The fourth-order valence-corrected chi connectivity index (χ4v) is 3.10. The summed E-state index contributed by atoms with van der Waals surface area (Å²) >= 11 is 0. The molecule has 0 aliphatic carbocycles. The smallest absolute Gasteiger partial charge is 0.272 e. The number of benzene rings is 1. The fraction of sp³-hybridized carbons (Fsp3) is 0.471. The van der Waals surface area contributed by atoms with Gasteiger partial charge in [0, 0.05) is 25.1 Å². The van der Waals surface area contributed by atoms with Crippen LogP contribution in [0.2, 0.25) is 0 Å². The van der Waals surface area contributed by atoms with Gasteiger partial charge in [0.15, 0.2) is 0 Å². The minimum atomic E-state index is -0.230. The van der Waals surface area contributed by atoms with Crippen LogP contribution in [-0.2, 0) is 16.0 Å². The lowest BCUT2D eigenvalue weighted by atomic mass is 10.1. The van der Waals surface area contributed by atoms with Gasteiger partial charge in [0.25, 0.3) is 5.56 Å². The summed E-state index contributed by atoms with van der Waals surface area (Å²) in [6.07, 6.45) is 2.27. The minimum Gasteiger partial charge on any atom is -0.377 e. The van der Waals surface area contributed by atoms with E-state index in [4.69, 9.17) is 4.74 Å². The molecule has 6 heteroatoms. The summed E-state index contributed by atoms with van der Waals surface area (Å²) in [7, 11) is 0. The Bertz CT molecular complexity index is 754. The van der Waals surface area contributed by atoms with E-state index < -0.39 is 0 Å². The van der Waals surface area contributed by atoms with E-state index in [2.05, 4.69) is 10.2 Å². The van der Waals surface area contributed by atoms with Crippen molar-refractivity contribution in [2.75, 3.05) is 19.7 Å². The Morgan fingerprint density at radius 2 is 2.17 bits per heavy atom. The highest BCUT2D eigenvalue weighted by Gasteiger charge is 2.24. The predicted octanol–water partition coefficient (Wildman–Crippen LogP) is 1.49. The first-order valence-electron chi connectivity index (χ1n) is 8.04. The van der Waals surface area contributed by atoms with Crippen molar-refractivity contribution in [3.05, 3.63) is 40.3 Å². The van der Waals surface area contributed by atoms with Crippen LogP contribution in [0.25, 0.3) is 10.8 Å². The molecule has 122 valence electrons. The molecule has 0 saturated carbocycles. The van der Waals surface area contributed by atoms with E-state index in [-0.39, 0.29) is 24.0 Å². The summed E-state index contributed by atoms with van der Waals surface area (Å²) in [4.78, 5) is 26.2. The van der Waals surface area contributed by atoms with Crippen LogP contribution in [0.3, 0.4) is 0 Å². The normalized spacial score (nSPS) is 18.3. The third-order valence-corrected chi connectivity index (χ3v) is 4.23. The van der Waals surface area contributed by atoms with E-state index >= 15 is 0 Å². The SMILES string of the molecule is CCOC1CCCN(C(=O)Cc2n[nH]c(=O)c3ccccc23)C1. The van der Waals surface area contributed by atoms with E-state index in [1.165, 1.54) is 0 Å². The van der Waals surface area contributed by atoms with E-state index in [1.54, 1.807) is 12.1 Å². The maximum atomic E-state index is 12.6. The summed E-state index contributed by atoms with van der Waals surface area (Å²) in [5.41, 5.74) is 0.384. The number of ether oxygens (including phenoxy) is 1. The average molecular weight is 315 g/mol. The molecule has 1 saturated heterocycles. The van der Waals surface area contributed by atoms with Crippen molar-refractivity contribution in [1.29, 1.82) is 0 Å². The molecule has 0 spiro atoms. The lowest BCUT2D eigenvalue weighted by molar-refractivity contribution is -0.134. The van der Waals surface area contributed by atoms with Crippen LogP contribution >= 0.6 is 0 Å². The van der Waals surface area contributed by atoms with E-state index in [9.17, 15) is 9.59 Å². The quantitative estimate of drug-likeness (QED) is 0.927. The van der Waals surface area contributed by atoms with E-state index in [1.807, 2.05) is 24.0 Å². The molecule has 1 fully saturated rings. The maximum Gasteiger partial charge on any atom is 0.272 e. The highest BCUT2D eigenvalue weighted by atomic mass is 16.5. The van der Waals surface area contributed by atoms with Crippen LogP contribution in [-0.4, -0.2) is 46.8 Å². The zero-order valence-electron chi connectivity index (χ0n) is 13.2. The third-order valence-electron chi connectivity index (χ3n) is 4.23. The Kier molecular flexibility index (Phi) is 4.71. The van der Waals surface area contributed by atoms with Gasteiger partial charge in [0.1, 0.15) is 0 Å². The van der Waals surface area contributed by atoms with Gasteiger partial charge in [0.2, 0.25) is 5.91 Å². The average Bonchev–Trinajstić information content (AvgIpc) is 2.58. The molecule has 1 aliphatic heterocycles. The van der Waals surface area contributed by atoms with E-state index in [0.717, 1.165) is 24.8 Å². The number of aromatic amines is 1. The first kappa shape index (κ1) is 15.7. The van der Waals surface area contributed by atoms with Crippen LogP contribution < -0.4 is 5.56 Å². The number of likely N-dealkylation sites (tertiary alicyclic amines) is 1. The van der Waals surface area contributed by atoms with Crippen molar-refractivity contribution in [3.8, 4) is 0 Å². The highest BCUT2D eigenvalue weighted by Crippen LogP contribution is 2.17. The Morgan fingerprint density at radius 1 is 1.39 bits per heavy atom. The summed E-state index contributed by atoms with van der Waals surface area (Å²) in [5.74, 6) is 0.0269. The summed E-state index contributed by atoms with van der Waals surface area (Å²) < 4.78 is 5.64. The number of rotatable bonds is 4. The number of fused-ring (bicyclic) bond motifs is 1. The second-order valence-electron chi connectivity index (χ2n) is 5.78. The number of nitrogens with zero attached hydrogens (tertiary/aromatic N) is 2. The molecule has 1 atom stereocenters. The molecule has 0 bridgehead atoms. The second-order valence-corrected chi connectivity index (χ2v) is 5.78. The Labute approximate surface area is 134 Å². The fourth-order valence-electron chi connectivity index (χ4n) is 3.10. The van der Waals surface area contributed by atoms with Crippen LogP contribution in [0.1, 0.15) is 25.5 Å². The lowest BCUT2D eigenvalue weighted by Crippen LogP contribution is -2.44. The number of amides is 1. The van der Waals surface area contributed by atoms with Gasteiger partial charge in [-0.3, -0.25) is 9.59 Å². The van der Waals surface area contributed by atoms with Crippen molar-refractivity contribution in [3.63, 3.8) is 0 Å². The number of carbonyl (C=O) groups excluding carboxylic acids is 1. The molecular weight excluding hydrogens is 294 g/mol. The van der Waals surface area contributed by atoms with Gasteiger partial charge < -0.3 is 9.64 Å². The largest absolute Gasteiger partial charge is 0.377 e. The highest BCUT2D eigenvalue weighted by molar-refractivity contribution is 5.88. The Morgan fingerprint density at radius 3 is 2.96 bits per heavy atom. The molecule has 1 amide bonds. The van der Waals surface area contributed by atoms with Crippen LogP contribution in [0.5, 0.6) is 0 Å². The molecule has 1 N–H and O–H groups in total. The van der Waals surface area contributed by atoms with Crippen LogP contribution in [0, 0.1) is 0 Å². The summed E-state index contributed by atoms with van der Waals surface area (Å²) in [6, 6.07) is 7.24. The lowest BCUT2D eigenvalue weighted by Gasteiger charge is -2.32. The van der Waals surface area contributed by atoms with Gasteiger partial charge in [-0.25, -0.2) is 5.10 Å². The first-order valence-corrected chi connectivity index (χ1v) is 8.04. The predicted molar refractivity (Wildman–Crippen MR) is 87.3 cm³/mol. The molecule has 2 aromatic rings. The van der Waals surface area contributed by atoms with Crippen molar-refractivity contribution in [2.24, 2.45) is 0 Å². The van der Waals surface area contributed by atoms with Crippen LogP contribution in [0.15, 0.2) is 29.1 Å². The van der Waals surface area contributed by atoms with Gasteiger partial charge in [-0.15, -0.1) is 0 Å². The number of hydrogen-bond donors (Lipinski definition) is 1. The molecule has 1 aromatic carbocycles. The first-order chi connectivity index (χ1) is 11.2. The van der Waals surface area contributed by atoms with Crippen molar-refractivity contribution < 1.29 is 9.53 Å². The topological polar surface area (TPSA) is 75.3 Å². The molecule has 0 radical (unpaired) electrons. The third kappa shape index (κ3) is 3.42. The second kappa shape index (κ2) is 6.91. The number of aromatic nitrogens is 2. The number of nitrogens with one attached hydrogen (secondary N) is 1. The van der Waals surface area contributed by atoms with Gasteiger partial charge in [-0.2, -0.15) is 5.10 Å². The Hall–Kier alpha value is -2.21. The molecule has 1 unspecified atom stereocenters. The zero-order valence-corrected chi connectivity index (χ0v) is 13.2. The van der Waals surface area contributed by atoms with Crippen molar-refractivity contribution >= 4 is 16.7 Å². The van der Waals surface area contributed by atoms with Crippen LogP contribution in [0.4, 0.5) is 0 Å². The standard InChI is InChI=1S/C17H21N3O3/c1-2-23-12-6-5-9-20(11-12)16(21)10-15-13-7-3-4-8-14(13)17(22)19-18-15/h3-4,7-8,12H,2,5-6,9-11H2,1H3,(H,19,22). The van der Waals surface area contributed by atoms with Gasteiger partial charge in [-0.05, 0) is 25.8 Å². The molecule has 3 rings (SSSR count). The molecule has 6 nitrogen and oxygen atoms in total. The van der Waals surface area contributed by atoms with Gasteiger partial charge in [0.05, 0.1) is 23.6 Å². The molecule has 1 aliphatic rings. The van der Waals surface area contributed by atoms with Crippen molar-refractivity contribution in [2.45, 2.75) is 32.3 Å². The number of hydrogen-bond acceptors (Lipinski definition) is 4. The molecule has 1 aromatic heterocycles. The van der Waals surface area contributed by atoms with Gasteiger partial charge >= 0.3 is 0 Å². The van der Waals surface area contributed by atoms with Gasteiger partial charge in [-0.1, -0.05) is 18.2 Å². The minimum absolute atomic E-state index is 0.0269. The number of H-pyrrole nitrogens is 1. The van der Waals surface area contributed by atoms with E-state index in [0.29, 0.717) is 24.2 Å². The maximum absolute atomic E-state index is 12.6. The summed E-state index contributed by atoms with van der Waals surface area (Å²) in [5, 5.41) is 7.86. The molecule has 23 heavy (non-hydrogen) atoms. The molecule has 2 heterocycles.